The molecule has 0 bridgehead atoms. The van der Waals surface area contributed by atoms with E-state index in [1.807, 2.05) is 24.3 Å². The van der Waals surface area contributed by atoms with Crippen molar-refractivity contribution in [3.8, 4) is 0 Å². The second-order valence-corrected chi connectivity index (χ2v) is 5.91. The third kappa shape index (κ3) is 9.32. The van der Waals surface area contributed by atoms with Crippen molar-refractivity contribution in [2.24, 2.45) is 4.99 Å². The molecule has 0 fully saturated rings. The third-order valence-corrected chi connectivity index (χ3v) is 3.71. The van der Waals surface area contributed by atoms with E-state index in [2.05, 4.69) is 22.5 Å². The molecule has 2 N–H and O–H groups in total. The Bertz CT molecular complexity index is 523. The van der Waals surface area contributed by atoms with Gasteiger partial charge in [0.05, 0.1) is 0 Å². The number of aliphatic imine (C=N–C) groups is 1. The highest BCUT2D eigenvalue weighted by molar-refractivity contribution is 14.0. The molecule has 0 spiro atoms. The summed E-state index contributed by atoms with van der Waals surface area (Å²) in [6, 6.07) is 7.80. The number of unbranched alkanes of at least 4 members (excludes halogenated alkanes) is 1. The van der Waals surface area contributed by atoms with Gasteiger partial charge in [0, 0.05) is 32.2 Å². The lowest BCUT2D eigenvalue weighted by atomic mass is 10.1. The molecule has 5 nitrogen and oxygen atoms in total. The molecule has 136 valence electrons. The van der Waals surface area contributed by atoms with Gasteiger partial charge in [-0.25, -0.2) is 4.99 Å². The Balaban J connectivity index is 0.00000529. The molecule has 1 amide bonds. The third-order valence-electron chi connectivity index (χ3n) is 3.34. The normalized spacial score (nSPS) is 10.8. The molecule has 1 aromatic carbocycles. The monoisotopic (exact) mass is 466 g/mol. The number of hydrogen-bond acceptors (Lipinski definition) is 2. The predicted molar refractivity (Wildman–Crippen MR) is 112 cm³/mol. The van der Waals surface area contributed by atoms with Gasteiger partial charge in [-0.1, -0.05) is 43.1 Å². The zero-order valence-corrected chi connectivity index (χ0v) is 17.7. The molecule has 0 aliphatic heterocycles. The van der Waals surface area contributed by atoms with Crippen LogP contribution in [0, 0.1) is 0 Å². The van der Waals surface area contributed by atoms with Gasteiger partial charge in [0.15, 0.2) is 5.96 Å². The summed E-state index contributed by atoms with van der Waals surface area (Å²) >= 11 is 6.16. The van der Waals surface area contributed by atoms with E-state index in [0.29, 0.717) is 12.5 Å². The number of halogens is 2. The number of amides is 1. The van der Waals surface area contributed by atoms with Crippen molar-refractivity contribution >= 4 is 47.4 Å². The lowest BCUT2D eigenvalue weighted by molar-refractivity contribution is -0.127. The van der Waals surface area contributed by atoms with Gasteiger partial charge >= 0.3 is 0 Å². The highest BCUT2D eigenvalue weighted by atomic mass is 127. The Kier molecular flexibility index (Phi) is 12.7. The maximum atomic E-state index is 11.7. The first kappa shape index (κ1) is 23.0. The molecule has 0 aromatic heterocycles. The van der Waals surface area contributed by atoms with Crippen LogP contribution >= 0.6 is 35.6 Å². The second-order valence-electron chi connectivity index (χ2n) is 5.50. The van der Waals surface area contributed by atoms with Crippen molar-refractivity contribution in [1.82, 2.24) is 15.5 Å². The molecule has 1 rings (SSSR count). The lowest BCUT2D eigenvalue weighted by Gasteiger charge is -2.14. The summed E-state index contributed by atoms with van der Waals surface area (Å²) in [5, 5.41) is 7.28. The van der Waals surface area contributed by atoms with Crippen LogP contribution in [0.5, 0.6) is 0 Å². The second kappa shape index (κ2) is 13.3. The van der Waals surface area contributed by atoms with Gasteiger partial charge < -0.3 is 15.5 Å². The molecule has 0 aliphatic rings. The van der Waals surface area contributed by atoms with Crippen molar-refractivity contribution in [3.63, 3.8) is 0 Å². The van der Waals surface area contributed by atoms with Crippen molar-refractivity contribution in [2.45, 2.75) is 26.2 Å². The van der Waals surface area contributed by atoms with E-state index in [1.54, 1.807) is 14.1 Å². The highest BCUT2D eigenvalue weighted by Crippen LogP contribution is 2.14. The Morgan fingerprint density at radius 1 is 1.21 bits per heavy atom. The summed E-state index contributed by atoms with van der Waals surface area (Å²) in [6.45, 7) is 3.82. The maximum absolute atomic E-state index is 11.7. The Hall–Kier alpha value is -1.02. The predicted octanol–water partition coefficient (Wildman–Crippen LogP) is 2.92. The van der Waals surface area contributed by atoms with E-state index in [0.717, 1.165) is 36.4 Å². The topological polar surface area (TPSA) is 56.7 Å². The van der Waals surface area contributed by atoms with Crippen LogP contribution in [0.4, 0.5) is 0 Å². The number of hydrogen-bond donors (Lipinski definition) is 2. The number of carbonyl (C=O) groups is 1. The molecule has 7 heteroatoms. The first-order chi connectivity index (χ1) is 11.0. The quantitative estimate of drug-likeness (QED) is 0.268. The van der Waals surface area contributed by atoms with Crippen LogP contribution in [0.1, 0.15) is 25.3 Å². The van der Waals surface area contributed by atoms with E-state index in [9.17, 15) is 4.79 Å². The standard InChI is InChI=1S/C17H27ClN4O.HI/c1-4-5-11-19-17(21-13-16(23)22(2)3)20-12-10-14-8-6-7-9-15(14)18;/h6-9H,4-5,10-13H2,1-3H3,(H2,19,20,21);1H. The molecule has 1 aromatic rings. The first-order valence-corrected chi connectivity index (χ1v) is 8.38. The van der Waals surface area contributed by atoms with E-state index in [4.69, 9.17) is 11.6 Å². The number of guanidine groups is 1. The smallest absolute Gasteiger partial charge is 0.243 e. The zero-order valence-electron chi connectivity index (χ0n) is 14.6. The van der Waals surface area contributed by atoms with Crippen molar-refractivity contribution < 1.29 is 4.79 Å². The molecule has 0 heterocycles. The summed E-state index contributed by atoms with van der Waals surface area (Å²) in [5.41, 5.74) is 1.10. The first-order valence-electron chi connectivity index (χ1n) is 8.00. The van der Waals surface area contributed by atoms with Gasteiger partial charge in [-0.3, -0.25) is 4.79 Å². The summed E-state index contributed by atoms with van der Waals surface area (Å²) in [4.78, 5) is 17.5. The molecule has 0 atom stereocenters. The fourth-order valence-electron chi connectivity index (χ4n) is 1.86. The summed E-state index contributed by atoms with van der Waals surface area (Å²) in [5.74, 6) is 0.647. The SMILES string of the molecule is CCCCNC(=NCC(=O)N(C)C)NCCc1ccccc1Cl.I. The van der Waals surface area contributed by atoms with Gasteiger partial charge in [0.25, 0.3) is 0 Å². The van der Waals surface area contributed by atoms with Crippen LogP contribution < -0.4 is 10.6 Å². The van der Waals surface area contributed by atoms with Crippen LogP contribution in [0.25, 0.3) is 0 Å². The molecule has 0 unspecified atom stereocenters. The minimum absolute atomic E-state index is 0. The van der Waals surface area contributed by atoms with Crippen LogP contribution in [0.15, 0.2) is 29.3 Å². The average Bonchev–Trinajstić information content (AvgIpc) is 2.53. The number of carbonyl (C=O) groups excluding carboxylic acids is 1. The minimum atomic E-state index is -0.0207. The number of likely N-dealkylation sites (N-methyl/N-ethyl adjacent to an activating group) is 1. The summed E-state index contributed by atoms with van der Waals surface area (Å²) in [6.07, 6.45) is 2.97. The van der Waals surface area contributed by atoms with Crippen LogP contribution in [0.3, 0.4) is 0 Å². The van der Waals surface area contributed by atoms with Gasteiger partial charge in [-0.15, -0.1) is 24.0 Å². The number of nitrogens with zero attached hydrogens (tertiary/aromatic N) is 2. The van der Waals surface area contributed by atoms with Crippen LogP contribution in [0.2, 0.25) is 5.02 Å². The van der Waals surface area contributed by atoms with Crippen LogP contribution in [-0.4, -0.2) is 50.5 Å². The molecule has 0 aliphatic carbocycles. The fourth-order valence-corrected chi connectivity index (χ4v) is 2.09. The summed E-state index contributed by atoms with van der Waals surface area (Å²) in [7, 11) is 3.46. The van der Waals surface area contributed by atoms with E-state index >= 15 is 0 Å². The number of benzene rings is 1. The van der Waals surface area contributed by atoms with Gasteiger partial charge in [0.1, 0.15) is 6.54 Å². The summed E-state index contributed by atoms with van der Waals surface area (Å²) < 4.78 is 0. The molecule has 24 heavy (non-hydrogen) atoms. The molecule has 0 saturated heterocycles. The molecular weight excluding hydrogens is 439 g/mol. The average molecular weight is 467 g/mol. The van der Waals surface area contributed by atoms with Gasteiger partial charge in [-0.05, 0) is 24.5 Å². The lowest BCUT2D eigenvalue weighted by Crippen LogP contribution is -2.40. The van der Waals surface area contributed by atoms with Crippen molar-refractivity contribution in [2.75, 3.05) is 33.7 Å². The fraction of sp³-hybridized carbons (Fsp3) is 0.529. The van der Waals surface area contributed by atoms with Crippen LogP contribution in [-0.2, 0) is 11.2 Å². The van der Waals surface area contributed by atoms with E-state index in [-0.39, 0.29) is 36.4 Å². The maximum Gasteiger partial charge on any atom is 0.243 e. The Morgan fingerprint density at radius 2 is 1.88 bits per heavy atom. The highest BCUT2D eigenvalue weighted by Gasteiger charge is 2.05. The molecular formula is C17H28ClIN4O. The largest absolute Gasteiger partial charge is 0.356 e. The number of nitrogens with one attached hydrogen (secondary N) is 2. The molecule has 0 saturated carbocycles. The Morgan fingerprint density at radius 3 is 2.50 bits per heavy atom. The Labute approximate surface area is 167 Å². The zero-order chi connectivity index (χ0) is 17.1. The minimum Gasteiger partial charge on any atom is -0.356 e. The van der Waals surface area contributed by atoms with Crippen molar-refractivity contribution in [3.05, 3.63) is 34.9 Å². The number of rotatable bonds is 8. The van der Waals surface area contributed by atoms with E-state index < -0.39 is 0 Å². The molecule has 0 radical (unpaired) electrons. The van der Waals surface area contributed by atoms with Crippen molar-refractivity contribution in [1.29, 1.82) is 0 Å². The van der Waals surface area contributed by atoms with Gasteiger partial charge in [-0.2, -0.15) is 0 Å². The van der Waals surface area contributed by atoms with Gasteiger partial charge in [0.2, 0.25) is 5.91 Å². The van der Waals surface area contributed by atoms with E-state index in [1.165, 1.54) is 4.90 Å².